The molecule has 0 saturated heterocycles. The van der Waals surface area contributed by atoms with Gasteiger partial charge in [0.1, 0.15) is 5.82 Å². The van der Waals surface area contributed by atoms with Gasteiger partial charge < -0.3 is 5.11 Å². The maximum atomic E-state index is 11.9. The summed E-state index contributed by atoms with van der Waals surface area (Å²) in [7, 11) is -3.74. The van der Waals surface area contributed by atoms with E-state index in [4.69, 9.17) is 5.11 Å². The highest BCUT2D eigenvalue weighted by molar-refractivity contribution is 7.92. The van der Waals surface area contributed by atoms with Crippen LogP contribution in [0.5, 0.6) is 0 Å². The third-order valence-corrected chi connectivity index (χ3v) is 3.43. The van der Waals surface area contributed by atoms with Gasteiger partial charge in [-0.2, -0.15) is 8.42 Å². The highest BCUT2D eigenvalue weighted by Gasteiger charge is 2.15. The van der Waals surface area contributed by atoms with Crippen LogP contribution >= 0.6 is 0 Å². The van der Waals surface area contributed by atoms with Gasteiger partial charge in [0.2, 0.25) is 0 Å². The summed E-state index contributed by atoms with van der Waals surface area (Å²) in [4.78, 5) is 7.64. The molecule has 0 aliphatic carbocycles. The van der Waals surface area contributed by atoms with Crippen LogP contribution in [0, 0.1) is 0 Å². The fourth-order valence-electron chi connectivity index (χ4n) is 1.28. The third-order valence-electron chi connectivity index (χ3n) is 2.16. The lowest BCUT2D eigenvalue weighted by Crippen LogP contribution is -2.15. The molecule has 2 rings (SSSR count). The lowest BCUT2D eigenvalue weighted by Gasteiger charge is -2.06. The molecule has 0 aromatic carbocycles. The second kappa shape index (κ2) is 5.11. The van der Waals surface area contributed by atoms with Gasteiger partial charge in [-0.05, 0) is 23.8 Å². The van der Waals surface area contributed by atoms with Crippen molar-refractivity contribution in [3.63, 3.8) is 0 Å². The molecule has 2 aromatic heterocycles. The van der Waals surface area contributed by atoms with Crippen molar-refractivity contribution in [2.75, 3.05) is 4.72 Å². The van der Waals surface area contributed by atoms with Crippen LogP contribution in [0.4, 0.5) is 5.82 Å². The average molecular weight is 265 g/mol. The summed E-state index contributed by atoms with van der Waals surface area (Å²) in [5, 5.41) is 8.73. The summed E-state index contributed by atoms with van der Waals surface area (Å²) in [5.74, 6) is 0.227. The van der Waals surface area contributed by atoms with Gasteiger partial charge in [0, 0.05) is 12.4 Å². The number of aliphatic hydroxyl groups excluding tert-OH is 1. The Balaban J connectivity index is 2.25. The van der Waals surface area contributed by atoms with Gasteiger partial charge in [0.15, 0.2) is 5.03 Å². The number of anilines is 1. The molecule has 0 spiro atoms. The Labute approximate surface area is 104 Å². The number of aromatic nitrogens is 2. The van der Waals surface area contributed by atoms with Crippen molar-refractivity contribution in [1.29, 1.82) is 0 Å². The molecule has 0 unspecified atom stereocenters. The standard InChI is InChI=1S/C11H11N3O3S/c15-8-9-4-5-11(13-7-9)18(16,17)14-10-3-1-2-6-12-10/h1-7,15H,8H2,(H,12,14). The zero-order chi connectivity index (χ0) is 13.0. The van der Waals surface area contributed by atoms with Crippen molar-refractivity contribution in [2.45, 2.75) is 11.6 Å². The van der Waals surface area contributed by atoms with Crippen molar-refractivity contribution in [2.24, 2.45) is 0 Å². The zero-order valence-electron chi connectivity index (χ0n) is 9.31. The van der Waals surface area contributed by atoms with Crippen LogP contribution in [0.1, 0.15) is 5.56 Å². The molecule has 2 aromatic rings. The Bertz CT molecular complexity index is 612. The van der Waals surface area contributed by atoms with Crippen LogP contribution < -0.4 is 4.72 Å². The van der Waals surface area contributed by atoms with Crippen molar-refractivity contribution in [3.05, 3.63) is 48.3 Å². The Morgan fingerprint density at radius 3 is 2.56 bits per heavy atom. The lowest BCUT2D eigenvalue weighted by molar-refractivity contribution is 0.281. The number of hydrogen-bond acceptors (Lipinski definition) is 5. The molecule has 6 nitrogen and oxygen atoms in total. The van der Waals surface area contributed by atoms with Gasteiger partial charge in [-0.1, -0.05) is 12.1 Å². The highest BCUT2D eigenvalue weighted by atomic mass is 32.2. The molecule has 18 heavy (non-hydrogen) atoms. The van der Waals surface area contributed by atoms with E-state index in [0.717, 1.165) is 0 Å². The van der Waals surface area contributed by atoms with Crippen molar-refractivity contribution >= 4 is 15.8 Å². The lowest BCUT2D eigenvalue weighted by atomic mass is 10.3. The number of hydrogen-bond donors (Lipinski definition) is 2. The van der Waals surface area contributed by atoms with Crippen LogP contribution in [-0.2, 0) is 16.6 Å². The fourth-order valence-corrected chi connectivity index (χ4v) is 2.22. The molecule has 2 N–H and O–H groups in total. The van der Waals surface area contributed by atoms with Gasteiger partial charge in [-0.15, -0.1) is 0 Å². The maximum Gasteiger partial charge on any atom is 0.280 e. The predicted molar refractivity (Wildman–Crippen MR) is 65.2 cm³/mol. The van der Waals surface area contributed by atoms with E-state index in [1.54, 1.807) is 18.2 Å². The first-order valence-corrected chi connectivity index (χ1v) is 6.60. The normalized spacial score (nSPS) is 11.2. The molecule has 0 aliphatic rings. The number of nitrogens with zero attached hydrogens (tertiary/aromatic N) is 2. The van der Waals surface area contributed by atoms with E-state index in [0.29, 0.717) is 5.56 Å². The number of nitrogens with one attached hydrogen (secondary N) is 1. The predicted octanol–water partition coefficient (Wildman–Crippen LogP) is 0.770. The van der Waals surface area contributed by atoms with Gasteiger partial charge in [-0.25, -0.2) is 9.97 Å². The van der Waals surface area contributed by atoms with E-state index in [9.17, 15) is 8.42 Å². The third kappa shape index (κ3) is 2.82. The van der Waals surface area contributed by atoms with E-state index in [1.165, 1.54) is 24.5 Å². The SMILES string of the molecule is O=S(=O)(Nc1ccccn1)c1ccc(CO)cn1. The molecule has 0 bridgehead atoms. The monoisotopic (exact) mass is 265 g/mol. The molecular formula is C11H11N3O3S. The summed E-state index contributed by atoms with van der Waals surface area (Å²) < 4.78 is 26.2. The van der Waals surface area contributed by atoms with E-state index < -0.39 is 10.0 Å². The van der Waals surface area contributed by atoms with E-state index in [1.807, 2.05) is 0 Å². The summed E-state index contributed by atoms with van der Waals surface area (Å²) >= 11 is 0. The molecule has 0 radical (unpaired) electrons. The minimum atomic E-state index is -3.74. The topological polar surface area (TPSA) is 92.2 Å². The molecule has 7 heteroatoms. The molecule has 0 atom stereocenters. The maximum absolute atomic E-state index is 11.9. The Kier molecular flexibility index (Phi) is 3.54. The highest BCUT2D eigenvalue weighted by Crippen LogP contribution is 2.12. The summed E-state index contributed by atoms with van der Waals surface area (Å²) in [5.41, 5.74) is 0.548. The molecule has 2 heterocycles. The van der Waals surface area contributed by atoms with Crippen LogP contribution in [0.2, 0.25) is 0 Å². The molecule has 0 fully saturated rings. The minimum absolute atomic E-state index is 0.120. The summed E-state index contributed by atoms with van der Waals surface area (Å²) in [6, 6.07) is 7.73. The molecule has 94 valence electrons. The first-order valence-electron chi connectivity index (χ1n) is 5.11. The Hall–Kier alpha value is -1.99. The average Bonchev–Trinajstić information content (AvgIpc) is 2.39. The van der Waals surface area contributed by atoms with Gasteiger partial charge in [0.25, 0.3) is 10.0 Å². The molecule has 0 aliphatic heterocycles. The molecule has 0 saturated carbocycles. The van der Waals surface area contributed by atoms with Gasteiger partial charge in [0.05, 0.1) is 6.61 Å². The first-order chi connectivity index (χ1) is 8.62. The Morgan fingerprint density at radius 1 is 1.17 bits per heavy atom. The van der Waals surface area contributed by atoms with Crippen LogP contribution in [0.3, 0.4) is 0 Å². The second-order valence-electron chi connectivity index (χ2n) is 3.48. The molecule has 0 amide bonds. The minimum Gasteiger partial charge on any atom is -0.392 e. The van der Waals surface area contributed by atoms with E-state index in [-0.39, 0.29) is 17.5 Å². The number of rotatable bonds is 4. The van der Waals surface area contributed by atoms with E-state index in [2.05, 4.69) is 14.7 Å². The Morgan fingerprint density at radius 2 is 2.00 bits per heavy atom. The van der Waals surface area contributed by atoms with Gasteiger partial charge in [-0.3, -0.25) is 4.72 Å². The summed E-state index contributed by atoms with van der Waals surface area (Å²) in [6.45, 7) is -0.180. The quantitative estimate of drug-likeness (QED) is 0.851. The second-order valence-corrected chi connectivity index (χ2v) is 5.11. The van der Waals surface area contributed by atoms with Gasteiger partial charge >= 0.3 is 0 Å². The summed E-state index contributed by atoms with van der Waals surface area (Å²) in [6.07, 6.45) is 2.80. The van der Waals surface area contributed by atoms with Crippen LogP contribution in [-0.4, -0.2) is 23.5 Å². The number of pyridine rings is 2. The fraction of sp³-hybridized carbons (Fsp3) is 0.0909. The van der Waals surface area contributed by atoms with Crippen LogP contribution in [0.25, 0.3) is 0 Å². The number of aliphatic hydroxyl groups is 1. The van der Waals surface area contributed by atoms with Crippen molar-refractivity contribution < 1.29 is 13.5 Å². The first kappa shape index (κ1) is 12.5. The molecular weight excluding hydrogens is 254 g/mol. The largest absolute Gasteiger partial charge is 0.392 e. The van der Waals surface area contributed by atoms with Crippen molar-refractivity contribution in [1.82, 2.24) is 9.97 Å². The van der Waals surface area contributed by atoms with Crippen molar-refractivity contribution in [3.8, 4) is 0 Å². The smallest absolute Gasteiger partial charge is 0.280 e. The van der Waals surface area contributed by atoms with E-state index >= 15 is 0 Å². The number of sulfonamides is 1. The zero-order valence-corrected chi connectivity index (χ0v) is 10.1. The van der Waals surface area contributed by atoms with Crippen LogP contribution in [0.15, 0.2) is 47.8 Å².